The molecule has 0 spiro atoms. The van der Waals surface area contributed by atoms with E-state index in [1.54, 1.807) is 0 Å². The van der Waals surface area contributed by atoms with Gasteiger partial charge in [-0.3, -0.25) is 4.90 Å². The summed E-state index contributed by atoms with van der Waals surface area (Å²) in [6.07, 6.45) is 3.85. The predicted octanol–water partition coefficient (Wildman–Crippen LogP) is 3.17. The van der Waals surface area contributed by atoms with E-state index in [9.17, 15) is 0 Å². The highest BCUT2D eigenvalue weighted by Crippen LogP contribution is 2.13. The number of hydrogen-bond donors (Lipinski definition) is 2. The molecular weight excluding hydrogens is 519 g/mol. The molecule has 2 fully saturated rings. The Morgan fingerprint density at radius 2 is 2.09 bits per heavy atom. The maximum Gasteiger partial charge on any atom is 0.191 e. The van der Waals surface area contributed by atoms with Crippen LogP contribution in [0.3, 0.4) is 0 Å². The summed E-state index contributed by atoms with van der Waals surface area (Å²) in [6, 6.07) is 8.76. The number of hydrogen-bond acceptors (Lipinski definition) is 5. The van der Waals surface area contributed by atoms with Crippen molar-refractivity contribution in [2.24, 2.45) is 4.99 Å². The third-order valence-corrected chi connectivity index (χ3v) is 5.57. The van der Waals surface area contributed by atoms with E-state index in [0.717, 1.165) is 77.8 Å². The molecule has 2 unspecified atom stereocenters. The SMILES string of the molecule is CCNC(=NCc1cccc(CN2CCOC(C)C2)c1)NCCCOCC1CCCO1.I. The monoisotopic (exact) mass is 560 g/mol. The number of rotatable bonds is 11. The Morgan fingerprint density at radius 3 is 2.88 bits per heavy atom. The zero-order valence-corrected chi connectivity index (χ0v) is 22.0. The van der Waals surface area contributed by atoms with Gasteiger partial charge in [0.05, 0.1) is 32.0 Å². The van der Waals surface area contributed by atoms with Crippen LogP contribution in [0.5, 0.6) is 0 Å². The highest BCUT2D eigenvalue weighted by molar-refractivity contribution is 14.0. The maximum absolute atomic E-state index is 5.73. The van der Waals surface area contributed by atoms with Gasteiger partial charge in [-0.2, -0.15) is 0 Å². The molecule has 32 heavy (non-hydrogen) atoms. The standard InChI is InChI=1S/C24H40N4O3.HI/c1-3-25-24(26-10-6-12-29-19-23-9-5-13-31-23)27-16-21-7-4-8-22(15-21)18-28-11-14-30-20(2)17-28;/h4,7-8,15,20,23H,3,5-6,9-14,16-19H2,1-2H3,(H2,25,26,27);1H. The Hall–Kier alpha value is -0.940. The van der Waals surface area contributed by atoms with Crippen molar-refractivity contribution >= 4 is 29.9 Å². The topological polar surface area (TPSA) is 67.4 Å². The molecule has 2 aliphatic heterocycles. The Kier molecular flexibility index (Phi) is 13.5. The van der Waals surface area contributed by atoms with Crippen LogP contribution in [0.15, 0.2) is 29.3 Å². The highest BCUT2D eigenvalue weighted by atomic mass is 127. The van der Waals surface area contributed by atoms with Crippen molar-refractivity contribution in [1.82, 2.24) is 15.5 Å². The van der Waals surface area contributed by atoms with Crippen LogP contribution >= 0.6 is 24.0 Å². The van der Waals surface area contributed by atoms with E-state index in [0.29, 0.717) is 25.4 Å². The second-order valence-corrected chi connectivity index (χ2v) is 8.42. The summed E-state index contributed by atoms with van der Waals surface area (Å²) in [5, 5.41) is 6.74. The predicted molar refractivity (Wildman–Crippen MR) is 140 cm³/mol. The number of nitrogens with one attached hydrogen (secondary N) is 2. The Labute approximate surface area is 210 Å². The molecule has 8 heteroatoms. The maximum atomic E-state index is 5.73. The lowest BCUT2D eigenvalue weighted by Crippen LogP contribution is -2.40. The van der Waals surface area contributed by atoms with Crippen LogP contribution in [0.4, 0.5) is 0 Å². The normalized spacial score (nSPS) is 21.9. The van der Waals surface area contributed by atoms with Crippen LogP contribution in [0.2, 0.25) is 0 Å². The lowest BCUT2D eigenvalue weighted by molar-refractivity contribution is -0.0212. The molecule has 2 atom stereocenters. The van der Waals surface area contributed by atoms with Crippen molar-refractivity contribution in [3.63, 3.8) is 0 Å². The molecule has 2 N–H and O–H groups in total. The van der Waals surface area contributed by atoms with E-state index in [2.05, 4.69) is 53.6 Å². The number of morpholine rings is 1. The van der Waals surface area contributed by atoms with Gasteiger partial charge in [-0.15, -0.1) is 24.0 Å². The van der Waals surface area contributed by atoms with Crippen LogP contribution in [-0.2, 0) is 27.3 Å². The van der Waals surface area contributed by atoms with Crippen molar-refractivity contribution in [2.45, 2.75) is 58.4 Å². The van der Waals surface area contributed by atoms with Gasteiger partial charge in [0.25, 0.3) is 0 Å². The Balaban J connectivity index is 0.00000363. The molecule has 0 radical (unpaired) electrons. The van der Waals surface area contributed by atoms with Gasteiger partial charge in [0.2, 0.25) is 0 Å². The number of aliphatic imine (C=N–C) groups is 1. The second-order valence-electron chi connectivity index (χ2n) is 8.42. The quantitative estimate of drug-likeness (QED) is 0.188. The van der Waals surface area contributed by atoms with Crippen LogP contribution in [0.1, 0.15) is 44.2 Å². The Morgan fingerprint density at radius 1 is 1.22 bits per heavy atom. The molecular formula is C24H41IN4O3. The average Bonchev–Trinajstić information content (AvgIpc) is 3.28. The number of halogens is 1. The minimum atomic E-state index is 0. The number of ether oxygens (including phenoxy) is 3. The first-order chi connectivity index (χ1) is 15.2. The van der Waals surface area contributed by atoms with Gasteiger partial charge in [-0.25, -0.2) is 4.99 Å². The van der Waals surface area contributed by atoms with Crippen LogP contribution < -0.4 is 10.6 Å². The largest absolute Gasteiger partial charge is 0.379 e. The third-order valence-electron chi connectivity index (χ3n) is 5.57. The number of nitrogens with zero attached hydrogens (tertiary/aromatic N) is 2. The molecule has 0 aromatic heterocycles. The van der Waals surface area contributed by atoms with E-state index >= 15 is 0 Å². The van der Waals surface area contributed by atoms with Crippen molar-refractivity contribution in [3.05, 3.63) is 35.4 Å². The fraction of sp³-hybridized carbons (Fsp3) is 0.708. The summed E-state index contributed by atoms with van der Waals surface area (Å²) in [4.78, 5) is 7.23. The van der Waals surface area contributed by atoms with E-state index in [-0.39, 0.29) is 24.0 Å². The van der Waals surface area contributed by atoms with Gasteiger partial charge in [0.15, 0.2) is 5.96 Å². The smallest absolute Gasteiger partial charge is 0.191 e. The summed E-state index contributed by atoms with van der Waals surface area (Å²) in [5.74, 6) is 0.856. The van der Waals surface area contributed by atoms with Crippen molar-refractivity contribution in [2.75, 3.05) is 52.6 Å². The van der Waals surface area contributed by atoms with Gasteiger partial charge >= 0.3 is 0 Å². The first-order valence-corrected chi connectivity index (χ1v) is 11.9. The molecule has 0 bridgehead atoms. The first kappa shape index (κ1) is 27.3. The molecule has 2 heterocycles. The molecule has 0 amide bonds. The molecule has 3 rings (SSSR count). The highest BCUT2D eigenvalue weighted by Gasteiger charge is 2.17. The zero-order valence-electron chi connectivity index (χ0n) is 19.7. The number of guanidine groups is 1. The summed E-state index contributed by atoms with van der Waals surface area (Å²) in [5.41, 5.74) is 2.57. The minimum absolute atomic E-state index is 0. The van der Waals surface area contributed by atoms with E-state index in [1.807, 2.05) is 0 Å². The molecule has 1 aromatic rings. The van der Waals surface area contributed by atoms with E-state index in [1.165, 1.54) is 11.1 Å². The third kappa shape index (κ3) is 10.3. The summed E-state index contributed by atoms with van der Waals surface area (Å²) < 4.78 is 17.0. The van der Waals surface area contributed by atoms with Crippen LogP contribution in [-0.4, -0.2) is 75.7 Å². The van der Waals surface area contributed by atoms with Gasteiger partial charge in [0, 0.05) is 45.9 Å². The molecule has 182 valence electrons. The van der Waals surface area contributed by atoms with Gasteiger partial charge in [-0.05, 0) is 44.2 Å². The zero-order chi connectivity index (χ0) is 21.7. The molecule has 0 saturated carbocycles. The lowest BCUT2D eigenvalue weighted by atomic mass is 10.1. The van der Waals surface area contributed by atoms with Crippen molar-refractivity contribution in [3.8, 4) is 0 Å². The fourth-order valence-electron chi connectivity index (χ4n) is 4.00. The molecule has 2 aliphatic rings. The molecule has 7 nitrogen and oxygen atoms in total. The molecule has 1 aromatic carbocycles. The summed E-state index contributed by atoms with van der Waals surface area (Å²) >= 11 is 0. The Bertz CT molecular complexity index is 670. The van der Waals surface area contributed by atoms with Crippen molar-refractivity contribution < 1.29 is 14.2 Å². The fourth-order valence-corrected chi connectivity index (χ4v) is 4.00. The lowest BCUT2D eigenvalue weighted by Gasteiger charge is -2.31. The van der Waals surface area contributed by atoms with Crippen LogP contribution in [0.25, 0.3) is 0 Å². The summed E-state index contributed by atoms with van der Waals surface area (Å²) in [6.45, 7) is 12.7. The first-order valence-electron chi connectivity index (χ1n) is 11.9. The van der Waals surface area contributed by atoms with E-state index < -0.39 is 0 Å². The molecule has 2 saturated heterocycles. The minimum Gasteiger partial charge on any atom is -0.379 e. The van der Waals surface area contributed by atoms with E-state index in [4.69, 9.17) is 19.2 Å². The number of benzene rings is 1. The van der Waals surface area contributed by atoms with Gasteiger partial charge in [0.1, 0.15) is 0 Å². The second kappa shape index (κ2) is 15.8. The van der Waals surface area contributed by atoms with Gasteiger partial charge in [-0.1, -0.05) is 24.3 Å². The van der Waals surface area contributed by atoms with Gasteiger partial charge < -0.3 is 24.8 Å². The van der Waals surface area contributed by atoms with Crippen LogP contribution in [0, 0.1) is 0 Å². The van der Waals surface area contributed by atoms with Crippen molar-refractivity contribution in [1.29, 1.82) is 0 Å². The molecule has 0 aliphatic carbocycles. The average molecular weight is 561 g/mol. The summed E-state index contributed by atoms with van der Waals surface area (Å²) in [7, 11) is 0.